The van der Waals surface area contributed by atoms with Crippen LogP contribution in [-0.4, -0.2) is 87.8 Å². The van der Waals surface area contributed by atoms with Crippen molar-refractivity contribution in [3.8, 4) is 0 Å². The molecule has 2 aliphatic heterocycles. The number of hydrogen-bond donors (Lipinski definition) is 2. The predicted octanol–water partition coefficient (Wildman–Crippen LogP) is 1.37. The third-order valence-electron chi connectivity index (χ3n) is 5.71. The topological polar surface area (TPSA) is 46.1 Å². The van der Waals surface area contributed by atoms with E-state index in [9.17, 15) is 0 Å². The van der Waals surface area contributed by atoms with E-state index in [4.69, 9.17) is 4.99 Å². The standard InChI is InChI=1S/C21H36N6/c1-5-22-21(23-14-20-16-25(3)12-13-26(20)4)24-18-10-11-27(15-18)19-8-6-17(2)7-9-19/h6-9,18,20H,5,10-16H2,1-4H3,(H2,22,23,24). The molecule has 0 aromatic heterocycles. The average molecular weight is 373 g/mol. The van der Waals surface area contributed by atoms with Gasteiger partial charge >= 0.3 is 0 Å². The van der Waals surface area contributed by atoms with E-state index in [-0.39, 0.29) is 0 Å². The second kappa shape index (κ2) is 9.42. The van der Waals surface area contributed by atoms with Crippen molar-refractivity contribution in [2.45, 2.75) is 32.4 Å². The summed E-state index contributed by atoms with van der Waals surface area (Å²) in [7, 11) is 4.41. The zero-order valence-electron chi connectivity index (χ0n) is 17.4. The lowest BCUT2D eigenvalue weighted by Crippen LogP contribution is -2.52. The van der Waals surface area contributed by atoms with Crippen LogP contribution in [0.4, 0.5) is 5.69 Å². The third kappa shape index (κ3) is 5.59. The zero-order chi connectivity index (χ0) is 19.2. The molecule has 0 amide bonds. The summed E-state index contributed by atoms with van der Waals surface area (Å²) < 4.78 is 0. The molecule has 1 aromatic carbocycles. The van der Waals surface area contributed by atoms with Gasteiger partial charge in [0.2, 0.25) is 0 Å². The molecule has 0 bridgehead atoms. The number of rotatable bonds is 5. The Morgan fingerprint density at radius 1 is 1.11 bits per heavy atom. The molecule has 0 saturated carbocycles. The molecule has 27 heavy (non-hydrogen) atoms. The molecule has 2 saturated heterocycles. The Labute approximate surface area is 164 Å². The fraction of sp³-hybridized carbons (Fsp3) is 0.667. The highest BCUT2D eigenvalue weighted by Gasteiger charge is 2.24. The highest BCUT2D eigenvalue weighted by molar-refractivity contribution is 5.80. The van der Waals surface area contributed by atoms with E-state index in [0.29, 0.717) is 12.1 Å². The van der Waals surface area contributed by atoms with Crippen molar-refractivity contribution in [3.05, 3.63) is 29.8 Å². The molecule has 0 aliphatic carbocycles. The van der Waals surface area contributed by atoms with Crippen molar-refractivity contribution >= 4 is 11.6 Å². The molecule has 2 heterocycles. The monoisotopic (exact) mass is 372 g/mol. The SMILES string of the molecule is CCNC(=NCC1CN(C)CCN1C)NC1CCN(c2ccc(C)cc2)C1. The molecule has 0 spiro atoms. The lowest BCUT2D eigenvalue weighted by molar-refractivity contribution is 0.119. The lowest BCUT2D eigenvalue weighted by atomic mass is 10.2. The van der Waals surface area contributed by atoms with Gasteiger partial charge in [0.15, 0.2) is 5.96 Å². The van der Waals surface area contributed by atoms with E-state index in [1.807, 2.05) is 0 Å². The number of guanidine groups is 1. The number of anilines is 1. The van der Waals surface area contributed by atoms with Gasteiger partial charge in [-0.25, -0.2) is 0 Å². The molecule has 6 nitrogen and oxygen atoms in total. The minimum absolute atomic E-state index is 0.441. The van der Waals surface area contributed by atoms with Crippen molar-refractivity contribution in [3.63, 3.8) is 0 Å². The first-order chi connectivity index (χ1) is 13.0. The Kier molecular flexibility index (Phi) is 6.96. The van der Waals surface area contributed by atoms with Crippen molar-refractivity contribution in [1.82, 2.24) is 20.4 Å². The summed E-state index contributed by atoms with van der Waals surface area (Å²) >= 11 is 0. The highest BCUT2D eigenvalue weighted by Crippen LogP contribution is 2.20. The maximum absolute atomic E-state index is 4.90. The normalized spacial score (nSPS) is 25.0. The van der Waals surface area contributed by atoms with Gasteiger partial charge < -0.3 is 20.4 Å². The van der Waals surface area contributed by atoms with Gasteiger partial charge in [0.1, 0.15) is 0 Å². The van der Waals surface area contributed by atoms with Crippen molar-refractivity contribution in [2.75, 3.05) is 64.8 Å². The van der Waals surface area contributed by atoms with Gasteiger partial charge in [-0.15, -0.1) is 0 Å². The van der Waals surface area contributed by atoms with Crippen LogP contribution in [0.2, 0.25) is 0 Å². The molecule has 2 fully saturated rings. The molecule has 0 radical (unpaired) electrons. The molecule has 6 heteroatoms. The zero-order valence-corrected chi connectivity index (χ0v) is 17.4. The summed E-state index contributed by atoms with van der Waals surface area (Å²) in [4.78, 5) is 12.2. The molecule has 2 N–H and O–H groups in total. The van der Waals surface area contributed by atoms with Crippen LogP contribution < -0.4 is 15.5 Å². The van der Waals surface area contributed by atoms with Gasteiger partial charge in [0.25, 0.3) is 0 Å². The number of likely N-dealkylation sites (N-methyl/N-ethyl adjacent to an activating group) is 2. The van der Waals surface area contributed by atoms with Crippen LogP contribution in [0.1, 0.15) is 18.9 Å². The molecule has 2 unspecified atom stereocenters. The lowest BCUT2D eigenvalue weighted by Gasteiger charge is -2.37. The first-order valence-electron chi connectivity index (χ1n) is 10.3. The van der Waals surface area contributed by atoms with Gasteiger partial charge in [0.05, 0.1) is 6.54 Å². The van der Waals surface area contributed by atoms with E-state index >= 15 is 0 Å². The molecule has 1 aromatic rings. The number of aryl methyl sites for hydroxylation is 1. The Hall–Kier alpha value is -1.79. The van der Waals surface area contributed by atoms with Crippen LogP contribution >= 0.6 is 0 Å². The summed E-state index contributed by atoms with van der Waals surface area (Å²) in [6, 6.07) is 9.78. The smallest absolute Gasteiger partial charge is 0.191 e. The van der Waals surface area contributed by atoms with Gasteiger partial charge in [0, 0.05) is 57.0 Å². The summed E-state index contributed by atoms with van der Waals surface area (Å²) in [5.41, 5.74) is 2.63. The van der Waals surface area contributed by atoms with Crippen LogP contribution in [-0.2, 0) is 0 Å². The van der Waals surface area contributed by atoms with E-state index < -0.39 is 0 Å². The second-order valence-electron chi connectivity index (χ2n) is 8.03. The maximum Gasteiger partial charge on any atom is 0.191 e. The largest absolute Gasteiger partial charge is 0.369 e. The Bertz CT molecular complexity index is 614. The van der Waals surface area contributed by atoms with Crippen molar-refractivity contribution in [1.29, 1.82) is 0 Å². The minimum atomic E-state index is 0.441. The minimum Gasteiger partial charge on any atom is -0.369 e. The van der Waals surface area contributed by atoms with Crippen molar-refractivity contribution in [2.24, 2.45) is 4.99 Å². The van der Waals surface area contributed by atoms with E-state index in [1.165, 1.54) is 11.3 Å². The Morgan fingerprint density at radius 2 is 1.89 bits per heavy atom. The Balaban J connectivity index is 1.55. The van der Waals surface area contributed by atoms with Crippen LogP contribution in [0.3, 0.4) is 0 Å². The highest BCUT2D eigenvalue weighted by atomic mass is 15.3. The molecule has 150 valence electrons. The fourth-order valence-corrected chi connectivity index (χ4v) is 3.88. The number of piperazine rings is 1. The summed E-state index contributed by atoms with van der Waals surface area (Å²) in [5.74, 6) is 0.954. The predicted molar refractivity (Wildman–Crippen MR) is 115 cm³/mol. The van der Waals surface area contributed by atoms with E-state index in [2.05, 4.69) is 77.5 Å². The molecular formula is C21H36N6. The summed E-state index contributed by atoms with van der Waals surface area (Å²) in [5, 5.41) is 7.08. The first-order valence-corrected chi connectivity index (χ1v) is 10.3. The number of aliphatic imine (C=N–C) groups is 1. The van der Waals surface area contributed by atoms with E-state index in [0.717, 1.165) is 58.2 Å². The van der Waals surface area contributed by atoms with E-state index in [1.54, 1.807) is 0 Å². The molecule has 2 aliphatic rings. The van der Waals surface area contributed by atoms with Crippen LogP contribution in [0, 0.1) is 6.92 Å². The summed E-state index contributed by atoms with van der Waals surface area (Å²) in [6.07, 6.45) is 1.14. The van der Waals surface area contributed by atoms with Gasteiger partial charge in [-0.05, 0) is 46.5 Å². The van der Waals surface area contributed by atoms with Crippen LogP contribution in [0.15, 0.2) is 29.3 Å². The number of nitrogens with zero attached hydrogens (tertiary/aromatic N) is 4. The van der Waals surface area contributed by atoms with Crippen molar-refractivity contribution < 1.29 is 0 Å². The number of hydrogen-bond acceptors (Lipinski definition) is 4. The first kappa shape index (κ1) is 20.0. The second-order valence-corrected chi connectivity index (χ2v) is 8.03. The Morgan fingerprint density at radius 3 is 2.63 bits per heavy atom. The number of nitrogens with one attached hydrogen (secondary N) is 2. The number of benzene rings is 1. The maximum atomic E-state index is 4.90. The summed E-state index contributed by atoms with van der Waals surface area (Å²) in [6.45, 7) is 11.5. The quantitative estimate of drug-likeness (QED) is 0.604. The molecule has 2 atom stereocenters. The van der Waals surface area contributed by atoms with Gasteiger partial charge in [-0.1, -0.05) is 17.7 Å². The molecule has 3 rings (SSSR count). The molecular weight excluding hydrogens is 336 g/mol. The average Bonchev–Trinajstić information content (AvgIpc) is 3.11. The third-order valence-corrected chi connectivity index (χ3v) is 5.71. The fourth-order valence-electron chi connectivity index (χ4n) is 3.88. The van der Waals surface area contributed by atoms with Crippen LogP contribution in [0.5, 0.6) is 0 Å². The van der Waals surface area contributed by atoms with Gasteiger partial charge in [-0.2, -0.15) is 0 Å². The van der Waals surface area contributed by atoms with Crippen LogP contribution in [0.25, 0.3) is 0 Å². The van der Waals surface area contributed by atoms with Gasteiger partial charge in [-0.3, -0.25) is 9.89 Å².